The van der Waals surface area contributed by atoms with E-state index >= 15 is 0 Å². The molecule has 4 heterocycles. The van der Waals surface area contributed by atoms with E-state index in [-0.39, 0.29) is 11.1 Å². The molecule has 0 bridgehead atoms. The van der Waals surface area contributed by atoms with Crippen molar-refractivity contribution >= 4 is 20.6 Å². The molecule has 34 heavy (non-hydrogen) atoms. The van der Waals surface area contributed by atoms with E-state index in [1.165, 1.54) is 22.6 Å². The van der Waals surface area contributed by atoms with Crippen molar-refractivity contribution < 1.29 is 12.8 Å². The minimum atomic E-state index is -3.31. The van der Waals surface area contributed by atoms with Crippen LogP contribution in [0, 0.1) is 6.92 Å². The van der Waals surface area contributed by atoms with Crippen molar-refractivity contribution in [3.05, 3.63) is 78.0 Å². The Hall–Kier alpha value is -3.07. The summed E-state index contributed by atoms with van der Waals surface area (Å²) < 4.78 is 28.7. The van der Waals surface area contributed by atoms with Crippen LogP contribution in [-0.4, -0.2) is 48.7 Å². The standard InChI is InChI=1S/C26H28N4O3S/c1-17-12-30(14-25(29-17)22-7-5-21-15-33-16-23(21)18(22)2)13-19-4-8-24(27-10-19)20-6-9-26(28-11-20)34(3,31)32/h4-11,15-17,25,29H,12-14H2,1-3H3/t17-,25-/m0/s1. The molecule has 2 atom stereocenters. The quantitative estimate of drug-likeness (QED) is 0.463. The number of sulfone groups is 1. The molecule has 0 radical (unpaired) electrons. The fourth-order valence-corrected chi connectivity index (χ4v) is 5.32. The summed E-state index contributed by atoms with van der Waals surface area (Å²) in [6.07, 6.45) is 8.23. The molecule has 1 aromatic carbocycles. The number of furan rings is 1. The molecule has 4 aromatic rings. The number of aromatic nitrogens is 2. The molecule has 0 aliphatic carbocycles. The Morgan fingerprint density at radius 1 is 1.06 bits per heavy atom. The molecule has 0 spiro atoms. The molecule has 1 fully saturated rings. The largest absolute Gasteiger partial charge is 0.471 e. The maximum absolute atomic E-state index is 11.6. The summed E-state index contributed by atoms with van der Waals surface area (Å²) in [6, 6.07) is 12.3. The third-order valence-corrected chi connectivity index (χ3v) is 7.45. The summed E-state index contributed by atoms with van der Waals surface area (Å²) in [5.41, 5.74) is 5.27. The van der Waals surface area contributed by atoms with Crippen molar-refractivity contribution in [1.29, 1.82) is 0 Å². The number of fused-ring (bicyclic) bond motifs is 1. The van der Waals surface area contributed by atoms with Gasteiger partial charge in [0.1, 0.15) is 0 Å². The Labute approximate surface area is 199 Å². The molecule has 5 rings (SSSR count). The lowest BCUT2D eigenvalue weighted by atomic mass is 9.95. The fourth-order valence-electron chi connectivity index (χ4n) is 4.76. The topological polar surface area (TPSA) is 88.3 Å². The number of piperazine rings is 1. The van der Waals surface area contributed by atoms with E-state index in [1.54, 1.807) is 18.5 Å². The Morgan fingerprint density at radius 3 is 2.62 bits per heavy atom. The lowest BCUT2D eigenvalue weighted by Crippen LogP contribution is -2.50. The lowest BCUT2D eigenvalue weighted by Gasteiger charge is -2.38. The van der Waals surface area contributed by atoms with Gasteiger partial charge in [0.25, 0.3) is 0 Å². The number of nitrogens with zero attached hydrogens (tertiary/aromatic N) is 3. The van der Waals surface area contributed by atoms with Crippen LogP contribution in [0.25, 0.3) is 22.0 Å². The van der Waals surface area contributed by atoms with Crippen LogP contribution < -0.4 is 5.32 Å². The zero-order valence-electron chi connectivity index (χ0n) is 19.5. The predicted molar refractivity (Wildman–Crippen MR) is 132 cm³/mol. The number of hydrogen-bond donors (Lipinski definition) is 1. The summed E-state index contributed by atoms with van der Waals surface area (Å²) in [6.45, 7) is 7.07. The second-order valence-electron chi connectivity index (χ2n) is 9.18. The minimum absolute atomic E-state index is 0.0670. The van der Waals surface area contributed by atoms with Crippen LogP contribution in [0.3, 0.4) is 0 Å². The van der Waals surface area contributed by atoms with Gasteiger partial charge in [0.2, 0.25) is 0 Å². The van der Waals surface area contributed by atoms with Gasteiger partial charge in [-0.25, -0.2) is 13.4 Å². The number of nitrogens with one attached hydrogen (secondary N) is 1. The smallest absolute Gasteiger partial charge is 0.192 e. The van der Waals surface area contributed by atoms with E-state index in [2.05, 4.69) is 52.2 Å². The molecule has 176 valence electrons. The van der Waals surface area contributed by atoms with Gasteiger partial charge in [-0.1, -0.05) is 18.2 Å². The van der Waals surface area contributed by atoms with E-state index in [0.29, 0.717) is 6.04 Å². The van der Waals surface area contributed by atoms with Gasteiger partial charge in [0.05, 0.1) is 18.2 Å². The van der Waals surface area contributed by atoms with Crippen LogP contribution in [0.15, 0.2) is 70.8 Å². The van der Waals surface area contributed by atoms with E-state index in [4.69, 9.17) is 4.42 Å². The van der Waals surface area contributed by atoms with Crippen LogP contribution >= 0.6 is 0 Å². The first-order valence-corrected chi connectivity index (χ1v) is 13.2. The van der Waals surface area contributed by atoms with Crippen LogP contribution in [0.5, 0.6) is 0 Å². The van der Waals surface area contributed by atoms with Gasteiger partial charge in [-0.05, 0) is 48.7 Å². The molecule has 1 N–H and O–H groups in total. The van der Waals surface area contributed by atoms with Crippen molar-refractivity contribution in [2.24, 2.45) is 0 Å². The van der Waals surface area contributed by atoms with Crippen molar-refractivity contribution in [2.45, 2.75) is 37.5 Å². The maximum atomic E-state index is 11.6. The molecular formula is C26H28N4O3S. The van der Waals surface area contributed by atoms with E-state index < -0.39 is 9.84 Å². The molecule has 7 nitrogen and oxygen atoms in total. The summed E-state index contributed by atoms with van der Waals surface area (Å²) >= 11 is 0. The van der Waals surface area contributed by atoms with Gasteiger partial charge in [-0.3, -0.25) is 9.88 Å². The van der Waals surface area contributed by atoms with Crippen LogP contribution in [-0.2, 0) is 16.4 Å². The highest BCUT2D eigenvalue weighted by Gasteiger charge is 2.26. The van der Waals surface area contributed by atoms with Gasteiger partial charge in [0.15, 0.2) is 14.9 Å². The highest BCUT2D eigenvalue weighted by molar-refractivity contribution is 7.90. The van der Waals surface area contributed by atoms with Crippen LogP contribution in [0.4, 0.5) is 0 Å². The average Bonchev–Trinajstić information content (AvgIpc) is 3.29. The second kappa shape index (κ2) is 8.94. The van der Waals surface area contributed by atoms with Gasteiger partial charge < -0.3 is 9.73 Å². The highest BCUT2D eigenvalue weighted by atomic mass is 32.2. The normalized spacial score (nSPS) is 19.5. The van der Waals surface area contributed by atoms with Crippen molar-refractivity contribution in [3.8, 4) is 11.3 Å². The first kappa shape index (κ1) is 22.7. The summed E-state index contributed by atoms with van der Waals surface area (Å²) in [5.74, 6) is 0. The molecule has 3 aromatic heterocycles. The van der Waals surface area contributed by atoms with Crippen LogP contribution in [0.1, 0.15) is 29.7 Å². The second-order valence-corrected chi connectivity index (χ2v) is 11.1. The molecule has 8 heteroatoms. The first-order chi connectivity index (χ1) is 16.3. The fraction of sp³-hybridized carbons (Fsp3) is 0.308. The third-order valence-electron chi connectivity index (χ3n) is 6.45. The molecule has 0 saturated carbocycles. The molecular weight excluding hydrogens is 448 g/mol. The van der Waals surface area contributed by atoms with Crippen molar-refractivity contribution in [1.82, 2.24) is 20.2 Å². The zero-order chi connectivity index (χ0) is 23.9. The summed E-state index contributed by atoms with van der Waals surface area (Å²) in [5, 5.41) is 6.12. The lowest BCUT2D eigenvalue weighted by molar-refractivity contribution is 0.160. The van der Waals surface area contributed by atoms with Crippen LogP contribution in [0.2, 0.25) is 0 Å². The Bertz CT molecular complexity index is 1410. The van der Waals surface area contributed by atoms with E-state index in [1.807, 2.05) is 18.5 Å². The van der Waals surface area contributed by atoms with E-state index in [0.717, 1.165) is 48.1 Å². The number of benzene rings is 1. The third kappa shape index (κ3) is 4.61. The first-order valence-electron chi connectivity index (χ1n) is 11.3. The number of aryl methyl sites for hydroxylation is 1. The minimum Gasteiger partial charge on any atom is -0.471 e. The van der Waals surface area contributed by atoms with Gasteiger partial charge in [-0.15, -0.1) is 0 Å². The van der Waals surface area contributed by atoms with E-state index in [9.17, 15) is 8.42 Å². The molecule has 1 saturated heterocycles. The maximum Gasteiger partial charge on any atom is 0.192 e. The Kier molecular flexibility index (Phi) is 5.97. The highest BCUT2D eigenvalue weighted by Crippen LogP contribution is 2.29. The average molecular weight is 477 g/mol. The predicted octanol–water partition coefficient (Wildman–Crippen LogP) is 4.14. The Balaban J connectivity index is 1.30. The number of pyridine rings is 2. The van der Waals surface area contributed by atoms with Gasteiger partial charge in [0, 0.05) is 66.7 Å². The summed E-state index contributed by atoms with van der Waals surface area (Å²) in [7, 11) is -3.31. The Morgan fingerprint density at radius 2 is 1.91 bits per heavy atom. The summed E-state index contributed by atoms with van der Waals surface area (Å²) in [4.78, 5) is 11.1. The van der Waals surface area contributed by atoms with Crippen molar-refractivity contribution in [3.63, 3.8) is 0 Å². The van der Waals surface area contributed by atoms with Gasteiger partial charge in [-0.2, -0.15) is 0 Å². The number of rotatable bonds is 5. The SMILES string of the molecule is Cc1c([C@@H]2CN(Cc3ccc(-c4ccc(S(C)(=O)=O)nc4)nc3)C[C@H](C)N2)ccc2cocc12. The number of hydrogen-bond acceptors (Lipinski definition) is 7. The van der Waals surface area contributed by atoms with Crippen molar-refractivity contribution in [2.75, 3.05) is 19.3 Å². The molecule has 1 aliphatic heterocycles. The molecule has 1 aliphatic rings. The van der Waals surface area contributed by atoms with Gasteiger partial charge >= 0.3 is 0 Å². The molecule has 0 amide bonds. The zero-order valence-corrected chi connectivity index (χ0v) is 20.3. The molecule has 0 unspecified atom stereocenters. The monoisotopic (exact) mass is 476 g/mol.